The van der Waals surface area contributed by atoms with Crippen molar-refractivity contribution in [2.75, 3.05) is 5.84 Å². The Morgan fingerprint density at radius 1 is 1.13 bits per heavy atom. The van der Waals surface area contributed by atoms with Crippen LogP contribution < -0.4 is 10.6 Å². The Labute approximate surface area is 190 Å². The minimum atomic E-state index is 0.248. The summed E-state index contributed by atoms with van der Waals surface area (Å²) in [4.78, 5) is 4.67. The molecule has 0 fully saturated rings. The van der Waals surface area contributed by atoms with E-state index in [9.17, 15) is 0 Å². The third-order valence-electron chi connectivity index (χ3n) is 5.15. The van der Waals surface area contributed by atoms with Crippen LogP contribution in [0, 0.1) is 6.92 Å². The molecule has 0 saturated heterocycles. The van der Waals surface area contributed by atoms with Crippen LogP contribution in [0.15, 0.2) is 41.6 Å². The maximum Gasteiger partial charge on any atom is 0.210 e. The number of nitrogen functional groups attached to an aromatic ring is 1. The number of ether oxygens (including phenoxy) is 1. The van der Waals surface area contributed by atoms with Crippen LogP contribution in [0.25, 0.3) is 11.0 Å². The number of imidazole rings is 1. The summed E-state index contributed by atoms with van der Waals surface area (Å²) in [7, 11) is 1.99. The van der Waals surface area contributed by atoms with Crippen molar-refractivity contribution in [2.24, 2.45) is 7.05 Å². The van der Waals surface area contributed by atoms with Crippen molar-refractivity contribution in [2.45, 2.75) is 44.2 Å². The van der Waals surface area contributed by atoms with Gasteiger partial charge in [0.05, 0.1) is 16.8 Å². The number of aromatic nitrogens is 5. The van der Waals surface area contributed by atoms with Crippen LogP contribution in [0.2, 0.25) is 5.02 Å². The van der Waals surface area contributed by atoms with Crippen LogP contribution in [0.4, 0.5) is 0 Å². The van der Waals surface area contributed by atoms with Gasteiger partial charge in [-0.25, -0.2) is 9.66 Å². The molecule has 0 atom stereocenters. The molecule has 7 nitrogen and oxygen atoms in total. The Morgan fingerprint density at radius 3 is 2.71 bits per heavy atom. The lowest BCUT2D eigenvalue weighted by Crippen LogP contribution is -2.16. The van der Waals surface area contributed by atoms with Gasteiger partial charge in [-0.05, 0) is 48.2 Å². The molecule has 0 bridgehead atoms. The van der Waals surface area contributed by atoms with E-state index in [0.29, 0.717) is 27.7 Å². The lowest BCUT2D eigenvalue weighted by Gasteiger charge is -2.14. The molecule has 0 saturated carbocycles. The fourth-order valence-corrected chi connectivity index (χ4v) is 4.40. The standard InChI is InChI=1S/C22H25ClN6OS/c1-13(2)16-7-5-14(3)9-19(16)30-11-20-26-27-22(29(20)24)31-12-21-25-17-10-15(23)6-8-18(17)28(21)4/h5-10,13H,11-12,24H2,1-4H3. The number of fused-ring (bicyclic) bond motifs is 1. The second-order valence-electron chi connectivity index (χ2n) is 7.76. The first kappa shape index (κ1) is 21.5. The molecule has 0 radical (unpaired) electrons. The Bertz CT molecular complexity index is 1230. The van der Waals surface area contributed by atoms with Gasteiger partial charge in [-0.15, -0.1) is 10.2 Å². The summed E-state index contributed by atoms with van der Waals surface area (Å²) in [5.41, 5.74) is 4.20. The first-order chi connectivity index (χ1) is 14.8. The van der Waals surface area contributed by atoms with Gasteiger partial charge in [0, 0.05) is 12.1 Å². The van der Waals surface area contributed by atoms with Gasteiger partial charge >= 0.3 is 0 Å². The Morgan fingerprint density at radius 2 is 1.94 bits per heavy atom. The first-order valence-electron chi connectivity index (χ1n) is 10.00. The van der Waals surface area contributed by atoms with Crippen molar-refractivity contribution < 1.29 is 4.74 Å². The maximum atomic E-state index is 6.24. The van der Waals surface area contributed by atoms with Gasteiger partial charge in [0.1, 0.15) is 18.2 Å². The molecule has 0 aliphatic heterocycles. The second kappa shape index (κ2) is 8.80. The molecule has 162 valence electrons. The van der Waals surface area contributed by atoms with Crippen LogP contribution in [0.5, 0.6) is 5.75 Å². The highest BCUT2D eigenvalue weighted by molar-refractivity contribution is 7.98. The van der Waals surface area contributed by atoms with E-state index in [1.54, 1.807) is 0 Å². The summed E-state index contributed by atoms with van der Waals surface area (Å²) in [6.45, 7) is 6.59. The molecule has 9 heteroatoms. The van der Waals surface area contributed by atoms with E-state index >= 15 is 0 Å². The van der Waals surface area contributed by atoms with Crippen molar-refractivity contribution in [3.8, 4) is 5.75 Å². The number of benzene rings is 2. The van der Waals surface area contributed by atoms with Crippen LogP contribution >= 0.6 is 23.4 Å². The zero-order valence-corrected chi connectivity index (χ0v) is 19.5. The number of hydrogen-bond acceptors (Lipinski definition) is 6. The number of thioether (sulfide) groups is 1. The van der Waals surface area contributed by atoms with Crippen molar-refractivity contribution in [1.29, 1.82) is 0 Å². The SMILES string of the molecule is Cc1ccc(C(C)C)c(OCc2nnc(SCc3nc4cc(Cl)ccc4n3C)n2N)c1. The molecule has 2 heterocycles. The minimum Gasteiger partial charge on any atom is -0.485 e. The summed E-state index contributed by atoms with van der Waals surface area (Å²) in [5.74, 6) is 9.53. The fraction of sp³-hybridized carbons (Fsp3) is 0.318. The number of aryl methyl sites for hydroxylation is 2. The van der Waals surface area contributed by atoms with Gasteiger partial charge in [-0.2, -0.15) is 0 Å². The molecule has 0 unspecified atom stereocenters. The van der Waals surface area contributed by atoms with Crippen LogP contribution in [0.1, 0.15) is 42.5 Å². The monoisotopic (exact) mass is 456 g/mol. The Balaban J connectivity index is 1.46. The predicted octanol–water partition coefficient (Wildman–Crippen LogP) is 4.84. The van der Waals surface area contributed by atoms with Gasteiger partial charge in [-0.3, -0.25) is 0 Å². The van der Waals surface area contributed by atoms with E-state index in [1.807, 2.05) is 42.8 Å². The molecule has 0 aliphatic rings. The predicted molar refractivity (Wildman–Crippen MR) is 125 cm³/mol. The maximum absolute atomic E-state index is 6.24. The number of hydrogen-bond donors (Lipinski definition) is 1. The number of nitrogens with two attached hydrogens (primary N) is 1. The smallest absolute Gasteiger partial charge is 0.210 e. The Kier molecular flexibility index (Phi) is 6.11. The highest BCUT2D eigenvalue weighted by atomic mass is 35.5. The van der Waals surface area contributed by atoms with Gasteiger partial charge in [0.25, 0.3) is 0 Å². The third-order valence-corrected chi connectivity index (χ3v) is 6.32. The van der Waals surface area contributed by atoms with Crippen LogP contribution in [-0.2, 0) is 19.4 Å². The van der Waals surface area contributed by atoms with Crippen molar-refractivity contribution in [3.63, 3.8) is 0 Å². The van der Waals surface area contributed by atoms with E-state index in [1.165, 1.54) is 16.4 Å². The highest BCUT2D eigenvalue weighted by Gasteiger charge is 2.15. The number of rotatable bonds is 7. The van der Waals surface area contributed by atoms with E-state index in [4.69, 9.17) is 22.2 Å². The fourth-order valence-electron chi connectivity index (χ4n) is 3.37. The zero-order valence-electron chi connectivity index (χ0n) is 18.0. The number of nitrogens with zero attached hydrogens (tertiary/aromatic N) is 5. The Hall–Kier alpha value is -2.71. The van der Waals surface area contributed by atoms with Crippen LogP contribution in [-0.4, -0.2) is 24.4 Å². The second-order valence-corrected chi connectivity index (χ2v) is 9.14. The molecule has 0 aliphatic carbocycles. The lowest BCUT2D eigenvalue weighted by atomic mass is 10.0. The molecular formula is C22H25ClN6OS. The highest BCUT2D eigenvalue weighted by Crippen LogP contribution is 2.29. The van der Waals surface area contributed by atoms with E-state index in [-0.39, 0.29) is 6.61 Å². The van der Waals surface area contributed by atoms with Gasteiger partial charge in [0.15, 0.2) is 5.82 Å². The molecule has 4 rings (SSSR count). The lowest BCUT2D eigenvalue weighted by molar-refractivity contribution is 0.287. The summed E-state index contributed by atoms with van der Waals surface area (Å²) in [6, 6.07) is 11.9. The van der Waals surface area contributed by atoms with E-state index in [2.05, 4.69) is 41.2 Å². The molecular weight excluding hydrogens is 432 g/mol. The number of halogens is 1. The summed E-state index contributed by atoms with van der Waals surface area (Å²) >= 11 is 7.56. The summed E-state index contributed by atoms with van der Waals surface area (Å²) in [5, 5.41) is 9.72. The average Bonchev–Trinajstić information content (AvgIpc) is 3.23. The third kappa shape index (κ3) is 4.50. The quantitative estimate of drug-likeness (QED) is 0.316. The van der Waals surface area contributed by atoms with Crippen LogP contribution in [0.3, 0.4) is 0 Å². The largest absolute Gasteiger partial charge is 0.485 e. The molecule has 0 amide bonds. The van der Waals surface area contributed by atoms with Gasteiger partial charge in [-0.1, -0.05) is 49.3 Å². The van der Waals surface area contributed by atoms with Gasteiger partial charge < -0.3 is 15.1 Å². The summed E-state index contributed by atoms with van der Waals surface area (Å²) in [6.07, 6.45) is 0. The molecule has 2 aromatic heterocycles. The molecule has 31 heavy (non-hydrogen) atoms. The van der Waals surface area contributed by atoms with E-state index < -0.39 is 0 Å². The molecule has 2 aromatic carbocycles. The van der Waals surface area contributed by atoms with Crippen molar-refractivity contribution in [1.82, 2.24) is 24.4 Å². The normalized spacial score (nSPS) is 11.5. The topological polar surface area (TPSA) is 83.8 Å². The minimum absolute atomic E-state index is 0.248. The summed E-state index contributed by atoms with van der Waals surface area (Å²) < 4.78 is 9.58. The van der Waals surface area contributed by atoms with E-state index in [0.717, 1.165) is 33.7 Å². The van der Waals surface area contributed by atoms with Gasteiger partial charge in [0.2, 0.25) is 5.16 Å². The molecule has 0 spiro atoms. The first-order valence-corrected chi connectivity index (χ1v) is 11.4. The zero-order chi connectivity index (χ0) is 22.1. The molecule has 4 aromatic rings. The molecule has 2 N–H and O–H groups in total. The van der Waals surface area contributed by atoms with Crippen molar-refractivity contribution in [3.05, 3.63) is 64.2 Å². The average molecular weight is 457 g/mol. The van der Waals surface area contributed by atoms with Crippen molar-refractivity contribution >= 4 is 34.4 Å².